The van der Waals surface area contributed by atoms with E-state index in [0.717, 1.165) is 0 Å². The molecule has 4 nitrogen and oxygen atoms in total. The van der Waals surface area contributed by atoms with Crippen molar-refractivity contribution in [1.82, 2.24) is 5.32 Å². The first-order valence-corrected chi connectivity index (χ1v) is 4.22. The smallest absolute Gasteiger partial charge is 0.165 e. The second-order valence-electron chi connectivity index (χ2n) is 3.07. The molecule has 1 atom stereocenters. The van der Waals surface area contributed by atoms with Gasteiger partial charge < -0.3 is 16.2 Å². The summed E-state index contributed by atoms with van der Waals surface area (Å²) in [5.41, 5.74) is 5.22. The fraction of sp³-hybridized carbons (Fsp3) is 0.875. The lowest BCUT2D eigenvalue weighted by atomic mass is 10.0. The van der Waals surface area contributed by atoms with Gasteiger partial charge in [0.2, 0.25) is 0 Å². The van der Waals surface area contributed by atoms with Gasteiger partial charge in [0.25, 0.3) is 0 Å². The first-order chi connectivity index (χ1) is 5.59. The molecule has 0 spiro atoms. The first-order valence-electron chi connectivity index (χ1n) is 4.22. The highest BCUT2D eigenvalue weighted by Gasteiger charge is 2.17. The minimum atomic E-state index is -0.892. The van der Waals surface area contributed by atoms with Gasteiger partial charge >= 0.3 is 0 Å². The summed E-state index contributed by atoms with van der Waals surface area (Å²) in [6.45, 7) is 4.99. The standard InChI is InChI=1S/C8H18N2O2/c1-6(2)8(12)7(11)5-10-4-3-9/h6-7,10-11H,3-5,9H2,1-2H3. The lowest BCUT2D eigenvalue weighted by molar-refractivity contribution is -0.129. The minimum absolute atomic E-state index is 0.111. The molecule has 72 valence electrons. The van der Waals surface area contributed by atoms with Gasteiger partial charge in [0.15, 0.2) is 5.78 Å². The number of hydrogen-bond acceptors (Lipinski definition) is 4. The number of nitrogens with one attached hydrogen (secondary N) is 1. The summed E-state index contributed by atoms with van der Waals surface area (Å²) in [6.07, 6.45) is -0.892. The van der Waals surface area contributed by atoms with Crippen molar-refractivity contribution in [1.29, 1.82) is 0 Å². The summed E-state index contributed by atoms with van der Waals surface area (Å²) in [4.78, 5) is 11.1. The molecule has 0 aliphatic heterocycles. The third-order valence-corrected chi connectivity index (χ3v) is 1.56. The number of hydrogen-bond donors (Lipinski definition) is 3. The maximum absolute atomic E-state index is 11.1. The predicted molar refractivity (Wildman–Crippen MR) is 47.8 cm³/mol. The highest BCUT2D eigenvalue weighted by Crippen LogP contribution is 1.98. The zero-order valence-corrected chi connectivity index (χ0v) is 7.71. The Morgan fingerprint density at radius 3 is 2.58 bits per heavy atom. The van der Waals surface area contributed by atoms with Gasteiger partial charge in [0.1, 0.15) is 6.10 Å². The molecular formula is C8H18N2O2. The molecule has 0 aliphatic rings. The van der Waals surface area contributed by atoms with E-state index in [-0.39, 0.29) is 11.7 Å². The fourth-order valence-corrected chi connectivity index (χ4v) is 0.826. The molecule has 0 fully saturated rings. The Hall–Kier alpha value is -0.450. The zero-order chi connectivity index (χ0) is 9.56. The number of aliphatic hydroxyl groups is 1. The van der Waals surface area contributed by atoms with Crippen molar-refractivity contribution in [3.05, 3.63) is 0 Å². The van der Waals surface area contributed by atoms with Gasteiger partial charge in [-0.3, -0.25) is 4.79 Å². The van der Waals surface area contributed by atoms with Gasteiger partial charge in [-0.2, -0.15) is 0 Å². The third kappa shape index (κ3) is 4.43. The quantitative estimate of drug-likeness (QED) is 0.457. The summed E-state index contributed by atoms with van der Waals surface area (Å²) in [7, 11) is 0. The van der Waals surface area contributed by atoms with E-state index in [1.54, 1.807) is 13.8 Å². The molecule has 0 radical (unpaired) electrons. The van der Waals surface area contributed by atoms with Crippen LogP contribution in [0.25, 0.3) is 0 Å². The van der Waals surface area contributed by atoms with E-state index in [1.807, 2.05) is 0 Å². The average molecular weight is 174 g/mol. The maximum atomic E-state index is 11.1. The van der Waals surface area contributed by atoms with Crippen LogP contribution in [0.1, 0.15) is 13.8 Å². The van der Waals surface area contributed by atoms with Crippen LogP contribution in [0.5, 0.6) is 0 Å². The molecule has 0 amide bonds. The molecule has 0 aromatic rings. The van der Waals surface area contributed by atoms with E-state index < -0.39 is 6.10 Å². The van der Waals surface area contributed by atoms with Crippen molar-refractivity contribution in [3.8, 4) is 0 Å². The van der Waals surface area contributed by atoms with Gasteiger partial charge in [-0.05, 0) is 0 Å². The van der Waals surface area contributed by atoms with E-state index in [4.69, 9.17) is 5.73 Å². The number of aliphatic hydroxyl groups excluding tert-OH is 1. The predicted octanol–water partition coefficient (Wildman–Crippen LogP) is -0.879. The van der Waals surface area contributed by atoms with E-state index in [2.05, 4.69) is 5.32 Å². The van der Waals surface area contributed by atoms with Crippen LogP contribution >= 0.6 is 0 Å². The Morgan fingerprint density at radius 2 is 2.17 bits per heavy atom. The molecule has 0 aromatic heterocycles. The molecule has 0 aromatic carbocycles. The van der Waals surface area contributed by atoms with Crippen LogP contribution in [-0.4, -0.2) is 36.6 Å². The Kier molecular flexibility index (Phi) is 5.88. The molecule has 0 heterocycles. The number of rotatable bonds is 6. The average Bonchev–Trinajstić information content (AvgIpc) is 2.03. The fourth-order valence-electron chi connectivity index (χ4n) is 0.826. The zero-order valence-electron chi connectivity index (χ0n) is 7.71. The molecular weight excluding hydrogens is 156 g/mol. The molecule has 0 bridgehead atoms. The number of carbonyl (C=O) groups is 1. The number of nitrogens with two attached hydrogens (primary N) is 1. The number of carbonyl (C=O) groups excluding carboxylic acids is 1. The maximum Gasteiger partial charge on any atom is 0.165 e. The molecule has 12 heavy (non-hydrogen) atoms. The van der Waals surface area contributed by atoms with E-state index >= 15 is 0 Å². The summed E-state index contributed by atoms with van der Waals surface area (Å²) in [5, 5.41) is 12.1. The number of Topliss-reactive ketones (excluding diaryl/α,β-unsaturated/α-hetero) is 1. The van der Waals surface area contributed by atoms with Crippen LogP contribution in [0.15, 0.2) is 0 Å². The van der Waals surface area contributed by atoms with Crippen LogP contribution in [-0.2, 0) is 4.79 Å². The topological polar surface area (TPSA) is 75.3 Å². The van der Waals surface area contributed by atoms with Gasteiger partial charge in [0.05, 0.1) is 0 Å². The van der Waals surface area contributed by atoms with Crippen LogP contribution < -0.4 is 11.1 Å². The van der Waals surface area contributed by atoms with Gasteiger partial charge in [0, 0.05) is 25.6 Å². The van der Waals surface area contributed by atoms with E-state index in [1.165, 1.54) is 0 Å². The SMILES string of the molecule is CC(C)C(=O)C(O)CNCCN. The lowest BCUT2D eigenvalue weighted by Crippen LogP contribution is -2.37. The first kappa shape index (κ1) is 11.6. The lowest BCUT2D eigenvalue weighted by Gasteiger charge is -2.12. The van der Waals surface area contributed by atoms with Crippen molar-refractivity contribution in [2.75, 3.05) is 19.6 Å². The van der Waals surface area contributed by atoms with Crippen LogP contribution in [0.2, 0.25) is 0 Å². The molecule has 4 N–H and O–H groups in total. The summed E-state index contributed by atoms with van der Waals surface area (Å²) in [6, 6.07) is 0. The van der Waals surface area contributed by atoms with E-state index in [9.17, 15) is 9.90 Å². The van der Waals surface area contributed by atoms with Gasteiger partial charge in [-0.1, -0.05) is 13.8 Å². The second kappa shape index (κ2) is 6.11. The monoisotopic (exact) mass is 174 g/mol. The third-order valence-electron chi connectivity index (χ3n) is 1.56. The molecule has 0 saturated carbocycles. The van der Waals surface area contributed by atoms with Crippen molar-refractivity contribution in [3.63, 3.8) is 0 Å². The Labute approximate surface area is 73.1 Å². The highest BCUT2D eigenvalue weighted by atomic mass is 16.3. The summed E-state index contributed by atoms with van der Waals surface area (Å²) < 4.78 is 0. The molecule has 0 aliphatic carbocycles. The van der Waals surface area contributed by atoms with E-state index in [0.29, 0.717) is 19.6 Å². The van der Waals surface area contributed by atoms with Crippen LogP contribution in [0.4, 0.5) is 0 Å². The summed E-state index contributed by atoms with van der Waals surface area (Å²) in [5.74, 6) is -0.237. The molecule has 4 heteroatoms. The number of ketones is 1. The largest absolute Gasteiger partial charge is 0.384 e. The normalized spacial score (nSPS) is 13.4. The van der Waals surface area contributed by atoms with Crippen molar-refractivity contribution >= 4 is 5.78 Å². The summed E-state index contributed by atoms with van der Waals surface area (Å²) >= 11 is 0. The van der Waals surface area contributed by atoms with Crippen molar-refractivity contribution in [2.24, 2.45) is 11.7 Å². The van der Waals surface area contributed by atoms with Crippen LogP contribution in [0.3, 0.4) is 0 Å². The van der Waals surface area contributed by atoms with Crippen molar-refractivity contribution in [2.45, 2.75) is 20.0 Å². The van der Waals surface area contributed by atoms with Crippen LogP contribution in [0, 0.1) is 5.92 Å². The highest BCUT2D eigenvalue weighted by molar-refractivity contribution is 5.84. The molecule has 1 unspecified atom stereocenters. The Balaban J connectivity index is 3.57. The Bertz CT molecular complexity index is 137. The van der Waals surface area contributed by atoms with Crippen molar-refractivity contribution < 1.29 is 9.90 Å². The van der Waals surface area contributed by atoms with Gasteiger partial charge in [-0.25, -0.2) is 0 Å². The minimum Gasteiger partial charge on any atom is -0.384 e. The molecule has 0 rings (SSSR count). The Morgan fingerprint density at radius 1 is 1.58 bits per heavy atom. The molecule has 0 saturated heterocycles. The van der Waals surface area contributed by atoms with Gasteiger partial charge in [-0.15, -0.1) is 0 Å². The second-order valence-corrected chi connectivity index (χ2v) is 3.07.